The van der Waals surface area contributed by atoms with Crippen molar-refractivity contribution < 1.29 is 8.76 Å². The van der Waals surface area contributed by atoms with E-state index in [1.54, 1.807) is 4.72 Å². The molecule has 0 aromatic rings. The first-order valence-corrected chi connectivity index (χ1v) is 3.21. The van der Waals surface area contributed by atoms with Crippen LogP contribution in [0.3, 0.4) is 0 Å². The van der Waals surface area contributed by atoms with Crippen LogP contribution >= 0.6 is 23.2 Å². The molecule has 0 amide bonds. The van der Waals surface area contributed by atoms with Crippen LogP contribution in [0.5, 0.6) is 0 Å². The van der Waals surface area contributed by atoms with Crippen molar-refractivity contribution in [3.05, 3.63) is 0 Å². The Morgan fingerprint density at radius 2 is 2.14 bits per heavy atom. The molecule has 0 aromatic carbocycles. The van der Waals surface area contributed by atoms with E-state index in [-0.39, 0.29) is 0 Å². The summed E-state index contributed by atoms with van der Waals surface area (Å²) in [4.78, 5) is -1.04. The Kier molecular flexibility index (Phi) is 3.96. The molecular formula is CH2Cl2NO2S-. The Bertz CT molecular complexity index is 76.1. The quantitative estimate of drug-likeness (QED) is 0.357. The maximum atomic E-state index is 9.53. The minimum atomic E-state index is -2.36. The van der Waals surface area contributed by atoms with E-state index in [0.29, 0.717) is 0 Å². The van der Waals surface area contributed by atoms with Crippen LogP contribution in [-0.2, 0) is 11.3 Å². The molecule has 0 heterocycles. The zero-order valence-electron chi connectivity index (χ0n) is 3.06. The lowest BCUT2D eigenvalue weighted by molar-refractivity contribution is 0.526. The van der Waals surface area contributed by atoms with Crippen molar-refractivity contribution in [2.45, 2.75) is 4.96 Å². The third-order valence-electron chi connectivity index (χ3n) is 0.185. The zero-order chi connectivity index (χ0) is 5.86. The molecule has 0 fully saturated rings. The number of rotatable bonds is 2. The molecule has 0 saturated carbocycles. The van der Waals surface area contributed by atoms with Gasteiger partial charge >= 0.3 is 0 Å². The summed E-state index contributed by atoms with van der Waals surface area (Å²) in [5, 5.41) is 0. The van der Waals surface area contributed by atoms with E-state index in [9.17, 15) is 8.76 Å². The molecule has 1 N–H and O–H groups in total. The number of halogens is 2. The Hall–Kier alpha value is 0.650. The van der Waals surface area contributed by atoms with Crippen molar-refractivity contribution in [2.24, 2.45) is 0 Å². The number of hydrogen-bond donors (Lipinski definition) is 1. The first-order valence-electron chi connectivity index (χ1n) is 1.26. The Labute approximate surface area is 53.4 Å². The summed E-state index contributed by atoms with van der Waals surface area (Å²) in [6, 6.07) is 0. The van der Waals surface area contributed by atoms with E-state index in [1.807, 2.05) is 0 Å². The van der Waals surface area contributed by atoms with Crippen LogP contribution in [0.4, 0.5) is 0 Å². The zero-order valence-corrected chi connectivity index (χ0v) is 5.39. The minimum absolute atomic E-state index is 1.04. The second-order valence-electron chi connectivity index (χ2n) is 0.653. The van der Waals surface area contributed by atoms with Crippen molar-refractivity contribution in [1.82, 2.24) is 4.72 Å². The molecule has 0 spiro atoms. The van der Waals surface area contributed by atoms with Gasteiger partial charge in [-0.25, -0.2) is 4.72 Å². The van der Waals surface area contributed by atoms with Crippen LogP contribution in [0.1, 0.15) is 0 Å². The molecule has 0 bridgehead atoms. The summed E-state index contributed by atoms with van der Waals surface area (Å²) in [6.45, 7) is 0. The van der Waals surface area contributed by atoms with E-state index >= 15 is 0 Å². The van der Waals surface area contributed by atoms with E-state index in [0.717, 1.165) is 0 Å². The van der Waals surface area contributed by atoms with Crippen molar-refractivity contribution in [1.29, 1.82) is 0 Å². The molecular weight excluding hydrogens is 161 g/mol. The lowest BCUT2D eigenvalue weighted by Gasteiger charge is -2.05. The largest absolute Gasteiger partial charge is 0.760 e. The monoisotopic (exact) mass is 162 g/mol. The second-order valence-corrected chi connectivity index (χ2v) is 2.45. The molecule has 44 valence electrons. The van der Waals surface area contributed by atoms with Crippen LogP contribution in [-0.4, -0.2) is 13.7 Å². The van der Waals surface area contributed by atoms with Crippen molar-refractivity contribution in [3.63, 3.8) is 0 Å². The maximum absolute atomic E-state index is 9.53. The highest BCUT2D eigenvalue weighted by Gasteiger charge is 1.91. The van der Waals surface area contributed by atoms with Crippen LogP contribution < -0.4 is 4.72 Å². The fourth-order valence-corrected chi connectivity index (χ4v) is 0.655. The normalized spacial score (nSPS) is 14.9. The predicted octanol–water partition coefficient (Wildman–Crippen LogP) is 0.131. The Balaban J connectivity index is 3.13. The fraction of sp³-hybridized carbons (Fsp3) is 1.00. The molecule has 6 heteroatoms. The minimum Gasteiger partial charge on any atom is -0.760 e. The first kappa shape index (κ1) is 7.65. The summed E-state index contributed by atoms with van der Waals surface area (Å²) in [5.41, 5.74) is 0. The van der Waals surface area contributed by atoms with Crippen LogP contribution in [0.25, 0.3) is 0 Å². The predicted molar refractivity (Wildman–Crippen MR) is 27.5 cm³/mol. The van der Waals surface area contributed by atoms with Gasteiger partial charge in [0.1, 0.15) is 0 Å². The lowest BCUT2D eigenvalue weighted by Crippen LogP contribution is -2.20. The van der Waals surface area contributed by atoms with Crippen molar-refractivity contribution in [2.75, 3.05) is 0 Å². The van der Waals surface area contributed by atoms with Gasteiger partial charge in [0, 0.05) is 11.3 Å². The third kappa shape index (κ3) is 6.65. The van der Waals surface area contributed by atoms with Gasteiger partial charge in [-0.15, -0.1) is 0 Å². The molecule has 0 rings (SSSR count). The molecule has 0 aliphatic rings. The summed E-state index contributed by atoms with van der Waals surface area (Å²) in [5.74, 6) is 0. The number of nitrogens with one attached hydrogen (secondary N) is 1. The molecule has 0 aromatic heterocycles. The molecule has 7 heavy (non-hydrogen) atoms. The van der Waals surface area contributed by atoms with Gasteiger partial charge in [0.2, 0.25) is 0 Å². The maximum Gasteiger partial charge on any atom is 0.167 e. The van der Waals surface area contributed by atoms with E-state index in [2.05, 4.69) is 0 Å². The summed E-state index contributed by atoms with van der Waals surface area (Å²) in [7, 11) is 0. The van der Waals surface area contributed by atoms with E-state index in [1.165, 1.54) is 0 Å². The SMILES string of the molecule is O=S([O-])NC(Cl)Cl. The standard InChI is InChI=1S/CH3Cl2NO2S/c2-1(3)4-7(5)6/h1,4H,(H,5,6)/p-1. The molecule has 1 atom stereocenters. The fourth-order valence-electron chi connectivity index (χ4n) is 0.0727. The smallest absolute Gasteiger partial charge is 0.167 e. The summed E-state index contributed by atoms with van der Waals surface area (Å²) in [6.07, 6.45) is 0. The molecule has 0 radical (unpaired) electrons. The topological polar surface area (TPSA) is 52.2 Å². The summed E-state index contributed by atoms with van der Waals surface area (Å²) >= 11 is 7.51. The van der Waals surface area contributed by atoms with Crippen LogP contribution in [0.2, 0.25) is 0 Å². The average molecular weight is 163 g/mol. The van der Waals surface area contributed by atoms with Gasteiger partial charge in [0.25, 0.3) is 0 Å². The average Bonchev–Trinajstić information content (AvgIpc) is 1.27. The van der Waals surface area contributed by atoms with E-state index in [4.69, 9.17) is 23.2 Å². The highest BCUT2D eigenvalue weighted by Crippen LogP contribution is 1.94. The molecule has 0 aliphatic carbocycles. The first-order chi connectivity index (χ1) is 3.13. The van der Waals surface area contributed by atoms with Gasteiger partial charge in [0.05, 0.1) is 0 Å². The van der Waals surface area contributed by atoms with Crippen molar-refractivity contribution >= 4 is 34.5 Å². The van der Waals surface area contributed by atoms with E-state index < -0.39 is 16.2 Å². The molecule has 3 nitrogen and oxygen atoms in total. The van der Waals surface area contributed by atoms with Crippen LogP contribution in [0.15, 0.2) is 0 Å². The highest BCUT2D eigenvalue weighted by molar-refractivity contribution is 7.77. The Morgan fingerprint density at radius 1 is 1.71 bits per heavy atom. The van der Waals surface area contributed by atoms with Gasteiger partial charge < -0.3 is 4.55 Å². The Morgan fingerprint density at radius 3 is 2.14 bits per heavy atom. The summed E-state index contributed by atoms with van der Waals surface area (Å²) < 4.78 is 20.8. The highest BCUT2D eigenvalue weighted by atomic mass is 35.5. The number of hydrogen-bond acceptors (Lipinski definition) is 2. The number of alkyl halides is 2. The van der Waals surface area contributed by atoms with Gasteiger partial charge in [-0.2, -0.15) is 0 Å². The molecule has 1 unspecified atom stereocenters. The van der Waals surface area contributed by atoms with Crippen molar-refractivity contribution in [3.8, 4) is 0 Å². The third-order valence-corrected chi connectivity index (χ3v) is 1.09. The van der Waals surface area contributed by atoms with Crippen LogP contribution in [0, 0.1) is 0 Å². The van der Waals surface area contributed by atoms with Gasteiger partial charge in [-0.3, -0.25) is 4.21 Å². The molecule has 0 aliphatic heterocycles. The second kappa shape index (κ2) is 3.63. The lowest BCUT2D eigenvalue weighted by atomic mass is 11.5. The van der Waals surface area contributed by atoms with Gasteiger partial charge in [0.15, 0.2) is 4.96 Å². The molecule has 0 saturated heterocycles. The van der Waals surface area contributed by atoms with Gasteiger partial charge in [-0.1, -0.05) is 23.2 Å². The van der Waals surface area contributed by atoms with Gasteiger partial charge in [-0.05, 0) is 0 Å².